The van der Waals surface area contributed by atoms with Crippen LogP contribution < -0.4 is 22.1 Å². The summed E-state index contributed by atoms with van der Waals surface area (Å²) in [5.41, 5.74) is 11.5. The molecular formula is C20H22F2N8O. The van der Waals surface area contributed by atoms with E-state index >= 15 is 0 Å². The van der Waals surface area contributed by atoms with Gasteiger partial charge in [0.25, 0.3) is 5.91 Å². The van der Waals surface area contributed by atoms with Crippen LogP contribution in [0.4, 0.5) is 26.1 Å². The highest BCUT2D eigenvalue weighted by atomic mass is 19.1. The number of nitrogens with zero attached hydrogens (tertiary/aromatic N) is 4. The predicted octanol–water partition coefficient (Wildman–Crippen LogP) is 2.46. The summed E-state index contributed by atoms with van der Waals surface area (Å²) >= 11 is 0. The van der Waals surface area contributed by atoms with Gasteiger partial charge in [0, 0.05) is 30.5 Å². The first-order valence-corrected chi connectivity index (χ1v) is 9.87. The van der Waals surface area contributed by atoms with Gasteiger partial charge in [-0.3, -0.25) is 4.79 Å². The highest BCUT2D eigenvalue weighted by Crippen LogP contribution is 2.27. The quantitative estimate of drug-likeness (QED) is 0.473. The number of aromatic nitrogens is 4. The number of rotatable bonds is 6. The van der Waals surface area contributed by atoms with Gasteiger partial charge in [0.1, 0.15) is 5.82 Å². The minimum absolute atomic E-state index is 0.00591. The van der Waals surface area contributed by atoms with Gasteiger partial charge in [-0.15, -0.1) is 0 Å². The summed E-state index contributed by atoms with van der Waals surface area (Å²) in [6.45, 7) is 0. The molecule has 0 saturated heterocycles. The Morgan fingerprint density at radius 2 is 1.97 bits per heavy atom. The lowest BCUT2D eigenvalue weighted by atomic mass is 9.91. The molecule has 3 aromatic heterocycles. The third kappa shape index (κ3) is 4.45. The van der Waals surface area contributed by atoms with Crippen molar-refractivity contribution < 1.29 is 13.6 Å². The molecule has 1 saturated carbocycles. The Balaban J connectivity index is 1.63. The summed E-state index contributed by atoms with van der Waals surface area (Å²) in [5, 5.41) is 9.77. The van der Waals surface area contributed by atoms with Crippen LogP contribution in [-0.4, -0.2) is 37.7 Å². The van der Waals surface area contributed by atoms with E-state index in [0.29, 0.717) is 0 Å². The Labute approximate surface area is 176 Å². The van der Waals surface area contributed by atoms with Gasteiger partial charge in [-0.1, -0.05) is 12.8 Å². The number of anilines is 3. The fourth-order valence-electron chi connectivity index (χ4n) is 3.59. The zero-order valence-electron chi connectivity index (χ0n) is 16.6. The van der Waals surface area contributed by atoms with Crippen molar-refractivity contribution in [2.45, 2.75) is 37.8 Å². The molecule has 1 fully saturated rings. The third-order valence-corrected chi connectivity index (χ3v) is 5.19. The van der Waals surface area contributed by atoms with Crippen molar-refractivity contribution in [3.8, 4) is 5.82 Å². The van der Waals surface area contributed by atoms with Crippen LogP contribution in [0.3, 0.4) is 0 Å². The molecule has 0 unspecified atom stereocenters. The van der Waals surface area contributed by atoms with Gasteiger partial charge in [0.15, 0.2) is 23.3 Å². The van der Waals surface area contributed by atoms with Crippen LogP contribution in [0.25, 0.3) is 5.82 Å². The van der Waals surface area contributed by atoms with E-state index in [4.69, 9.17) is 11.5 Å². The molecule has 162 valence electrons. The molecule has 9 nitrogen and oxygen atoms in total. The Morgan fingerprint density at radius 3 is 2.65 bits per heavy atom. The number of carbonyl (C=O) groups excluding carboxylic acids is 1. The van der Waals surface area contributed by atoms with Crippen LogP contribution in [-0.2, 0) is 0 Å². The largest absolute Gasteiger partial charge is 0.365 e. The predicted molar refractivity (Wildman–Crippen MR) is 111 cm³/mol. The van der Waals surface area contributed by atoms with Crippen molar-refractivity contribution in [3.63, 3.8) is 0 Å². The van der Waals surface area contributed by atoms with Crippen molar-refractivity contribution >= 4 is 23.2 Å². The second-order valence-corrected chi connectivity index (χ2v) is 7.38. The molecular weight excluding hydrogens is 406 g/mol. The number of halogens is 2. The van der Waals surface area contributed by atoms with Gasteiger partial charge in [0.2, 0.25) is 0 Å². The Morgan fingerprint density at radius 1 is 1.16 bits per heavy atom. The SMILES string of the molecule is NC(=O)c1cc(F)c(N[C@@H]2CCCC[C@@H]2N)nc1Nc1cnc(-n2cccn2)c(F)c1. The Hall–Kier alpha value is -3.60. The van der Waals surface area contributed by atoms with Crippen molar-refractivity contribution in [2.75, 3.05) is 10.6 Å². The van der Waals surface area contributed by atoms with Gasteiger partial charge >= 0.3 is 0 Å². The van der Waals surface area contributed by atoms with Gasteiger partial charge in [-0.25, -0.2) is 23.4 Å². The summed E-state index contributed by atoms with van der Waals surface area (Å²) in [6, 6.07) is 3.53. The fourth-order valence-corrected chi connectivity index (χ4v) is 3.59. The maximum Gasteiger partial charge on any atom is 0.252 e. The lowest BCUT2D eigenvalue weighted by molar-refractivity contribution is 0.100. The van der Waals surface area contributed by atoms with Crippen LogP contribution in [0.15, 0.2) is 36.8 Å². The number of nitrogens with two attached hydrogens (primary N) is 2. The number of carbonyl (C=O) groups is 1. The lowest BCUT2D eigenvalue weighted by Crippen LogP contribution is -2.43. The van der Waals surface area contributed by atoms with E-state index in [1.807, 2.05) is 0 Å². The smallest absolute Gasteiger partial charge is 0.252 e. The zero-order chi connectivity index (χ0) is 22.0. The Bertz CT molecular complexity index is 1090. The minimum Gasteiger partial charge on any atom is -0.365 e. The summed E-state index contributed by atoms with van der Waals surface area (Å²) in [7, 11) is 0. The maximum absolute atomic E-state index is 14.6. The van der Waals surface area contributed by atoms with Gasteiger partial charge < -0.3 is 22.1 Å². The first-order chi connectivity index (χ1) is 14.9. The second-order valence-electron chi connectivity index (χ2n) is 7.38. The maximum atomic E-state index is 14.6. The van der Waals surface area contributed by atoms with Crippen LogP contribution in [0.5, 0.6) is 0 Å². The topological polar surface area (TPSA) is 137 Å². The number of amides is 1. The number of pyridine rings is 2. The fraction of sp³-hybridized carbons (Fsp3) is 0.300. The average Bonchev–Trinajstić information content (AvgIpc) is 3.26. The Kier molecular flexibility index (Phi) is 5.76. The average molecular weight is 428 g/mol. The van der Waals surface area contributed by atoms with E-state index in [0.717, 1.165) is 31.7 Å². The highest BCUT2D eigenvalue weighted by molar-refractivity contribution is 5.98. The number of primary amides is 1. The molecule has 11 heteroatoms. The molecule has 1 aliphatic carbocycles. The zero-order valence-corrected chi connectivity index (χ0v) is 16.6. The van der Waals surface area contributed by atoms with Crippen LogP contribution in [0.2, 0.25) is 0 Å². The molecule has 0 aromatic carbocycles. The molecule has 0 aliphatic heterocycles. The summed E-state index contributed by atoms with van der Waals surface area (Å²) in [5.74, 6) is -2.33. The van der Waals surface area contributed by atoms with Crippen molar-refractivity contribution in [3.05, 3.63) is 54.0 Å². The molecule has 3 aromatic rings. The van der Waals surface area contributed by atoms with E-state index in [-0.39, 0.29) is 40.8 Å². The summed E-state index contributed by atoms with van der Waals surface area (Å²) in [4.78, 5) is 20.1. The van der Waals surface area contributed by atoms with Crippen LogP contribution in [0, 0.1) is 11.6 Å². The lowest BCUT2D eigenvalue weighted by Gasteiger charge is -2.30. The van der Waals surface area contributed by atoms with Crippen molar-refractivity contribution in [1.82, 2.24) is 19.7 Å². The molecule has 31 heavy (non-hydrogen) atoms. The van der Waals surface area contributed by atoms with Crippen LogP contribution in [0.1, 0.15) is 36.0 Å². The molecule has 3 heterocycles. The van der Waals surface area contributed by atoms with Crippen molar-refractivity contribution in [1.29, 1.82) is 0 Å². The molecule has 6 N–H and O–H groups in total. The molecule has 1 amide bonds. The first kappa shape index (κ1) is 20.7. The molecule has 0 bridgehead atoms. The molecule has 1 aliphatic rings. The van der Waals surface area contributed by atoms with E-state index < -0.39 is 17.5 Å². The van der Waals surface area contributed by atoms with Gasteiger partial charge in [0.05, 0.1) is 17.4 Å². The van der Waals surface area contributed by atoms with E-state index in [1.165, 1.54) is 23.1 Å². The molecule has 0 spiro atoms. The normalized spacial score (nSPS) is 18.5. The van der Waals surface area contributed by atoms with E-state index in [1.54, 1.807) is 12.3 Å². The molecule has 0 radical (unpaired) electrons. The van der Waals surface area contributed by atoms with Crippen molar-refractivity contribution in [2.24, 2.45) is 11.5 Å². The summed E-state index contributed by atoms with van der Waals surface area (Å²) in [6.07, 6.45) is 8.02. The number of nitrogens with one attached hydrogen (secondary N) is 2. The second kappa shape index (κ2) is 8.64. The minimum atomic E-state index is -0.878. The third-order valence-electron chi connectivity index (χ3n) is 5.19. The number of hydrogen-bond acceptors (Lipinski definition) is 7. The summed E-state index contributed by atoms with van der Waals surface area (Å²) < 4.78 is 30.4. The number of hydrogen-bond donors (Lipinski definition) is 4. The van der Waals surface area contributed by atoms with Gasteiger partial charge in [-0.2, -0.15) is 5.10 Å². The standard InChI is InChI=1S/C20H22F2N8O/c21-13-9-12(17(24)31)18(29-19(13)28-16-5-2-1-4-15(16)23)27-11-8-14(22)20(25-10-11)30-7-3-6-26-30/h3,6-10,15-16H,1-2,4-5,23H2,(H2,24,31)(H2,27,28,29)/t15-,16+/m0/s1. The monoisotopic (exact) mass is 428 g/mol. The molecule has 4 rings (SSSR count). The van der Waals surface area contributed by atoms with Gasteiger partial charge in [-0.05, 0) is 25.0 Å². The van der Waals surface area contributed by atoms with E-state index in [9.17, 15) is 13.6 Å². The van der Waals surface area contributed by atoms with E-state index in [2.05, 4.69) is 25.7 Å². The highest BCUT2D eigenvalue weighted by Gasteiger charge is 2.24. The first-order valence-electron chi connectivity index (χ1n) is 9.87. The molecule has 2 atom stereocenters. The van der Waals surface area contributed by atoms with Crippen LogP contribution >= 0.6 is 0 Å².